The highest BCUT2D eigenvalue weighted by molar-refractivity contribution is 5.81. The number of hydrogen-bond acceptors (Lipinski definition) is 3. The number of esters is 1. The number of rotatable bonds is 0. The van der Waals surface area contributed by atoms with Gasteiger partial charge in [-0.3, -0.25) is 4.79 Å². The van der Waals surface area contributed by atoms with Crippen LogP contribution in [0.5, 0.6) is 0 Å². The molecular weight excluding hydrogens is 168 g/mol. The zero-order valence-electron chi connectivity index (χ0n) is 8.00. The highest BCUT2D eigenvalue weighted by Gasteiger charge is 2.71. The van der Waals surface area contributed by atoms with Crippen molar-refractivity contribution in [3.63, 3.8) is 0 Å². The van der Waals surface area contributed by atoms with Crippen molar-refractivity contribution in [1.29, 1.82) is 0 Å². The Hall–Kier alpha value is -0.570. The van der Waals surface area contributed by atoms with E-state index in [1.807, 2.05) is 6.92 Å². The van der Waals surface area contributed by atoms with Gasteiger partial charge in [0.05, 0.1) is 18.3 Å². The second-order valence-corrected chi connectivity index (χ2v) is 4.83. The minimum Gasteiger partial charge on any atom is -0.465 e. The van der Waals surface area contributed by atoms with E-state index in [9.17, 15) is 4.79 Å². The van der Waals surface area contributed by atoms with Crippen LogP contribution in [-0.4, -0.2) is 24.3 Å². The average Bonchev–Trinajstić information content (AvgIpc) is 2.64. The van der Waals surface area contributed by atoms with Crippen molar-refractivity contribution in [2.45, 2.75) is 38.4 Å². The van der Waals surface area contributed by atoms with E-state index in [0.717, 1.165) is 12.8 Å². The zero-order valence-corrected chi connectivity index (χ0v) is 8.00. The first-order valence-corrected chi connectivity index (χ1v) is 4.93. The molecule has 0 aromatic carbocycles. The van der Waals surface area contributed by atoms with Crippen LogP contribution in [0.1, 0.15) is 26.7 Å². The maximum Gasteiger partial charge on any atom is 0.315 e. The Morgan fingerprint density at radius 3 is 2.92 bits per heavy atom. The van der Waals surface area contributed by atoms with Crippen LogP contribution in [0.2, 0.25) is 0 Å². The molecule has 3 heterocycles. The third-order valence-electron chi connectivity index (χ3n) is 4.42. The number of hydrogen-bond donors (Lipinski definition) is 0. The van der Waals surface area contributed by atoms with Crippen molar-refractivity contribution in [1.82, 2.24) is 0 Å². The summed E-state index contributed by atoms with van der Waals surface area (Å²) >= 11 is 0. The molecule has 3 rings (SSSR count). The largest absolute Gasteiger partial charge is 0.465 e. The molecule has 0 amide bonds. The Labute approximate surface area is 77.4 Å². The highest BCUT2D eigenvalue weighted by Crippen LogP contribution is 2.61. The SMILES string of the molecule is C[C@]12CC[C@H](O1)[C@@H]1COC(=O)[C@]12C. The number of carbonyl (C=O) groups is 1. The molecule has 3 saturated heterocycles. The maximum atomic E-state index is 11.7. The fraction of sp³-hybridized carbons (Fsp3) is 0.900. The molecule has 3 heteroatoms. The first-order chi connectivity index (χ1) is 6.08. The summed E-state index contributed by atoms with van der Waals surface area (Å²) in [5.74, 6) is 0.251. The van der Waals surface area contributed by atoms with Crippen LogP contribution < -0.4 is 0 Å². The Bertz CT molecular complexity index is 288. The molecule has 0 N–H and O–H groups in total. The van der Waals surface area contributed by atoms with Crippen LogP contribution in [-0.2, 0) is 14.3 Å². The molecule has 0 saturated carbocycles. The van der Waals surface area contributed by atoms with E-state index in [1.54, 1.807) is 0 Å². The molecule has 72 valence electrons. The van der Waals surface area contributed by atoms with E-state index in [2.05, 4.69) is 6.92 Å². The molecule has 0 spiro atoms. The number of carbonyl (C=O) groups excluding carboxylic acids is 1. The Morgan fingerprint density at radius 1 is 1.46 bits per heavy atom. The summed E-state index contributed by atoms with van der Waals surface area (Å²) < 4.78 is 11.0. The molecule has 13 heavy (non-hydrogen) atoms. The van der Waals surface area contributed by atoms with E-state index in [0.29, 0.717) is 12.5 Å². The molecule has 3 aliphatic heterocycles. The lowest BCUT2D eigenvalue weighted by atomic mass is 9.63. The van der Waals surface area contributed by atoms with Crippen molar-refractivity contribution >= 4 is 5.97 Å². The summed E-state index contributed by atoms with van der Waals surface area (Å²) in [6.45, 7) is 4.63. The standard InChI is InChI=1S/C10H14O3/c1-9-4-3-7(13-9)6-5-12-8(11)10(6,9)2/h6-7H,3-5H2,1-2H3/t6-,7-,9+,10-/m0/s1. The van der Waals surface area contributed by atoms with Gasteiger partial charge in [0.15, 0.2) is 0 Å². The Kier molecular flexibility index (Phi) is 1.15. The third kappa shape index (κ3) is 0.622. The van der Waals surface area contributed by atoms with Gasteiger partial charge in [-0.2, -0.15) is 0 Å². The van der Waals surface area contributed by atoms with Gasteiger partial charge >= 0.3 is 5.97 Å². The molecule has 0 unspecified atom stereocenters. The van der Waals surface area contributed by atoms with Gasteiger partial charge in [0.2, 0.25) is 0 Å². The summed E-state index contributed by atoms with van der Waals surface area (Å²) in [5.41, 5.74) is -0.619. The van der Waals surface area contributed by atoms with Gasteiger partial charge in [-0.15, -0.1) is 0 Å². The van der Waals surface area contributed by atoms with Crippen molar-refractivity contribution < 1.29 is 14.3 Å². The summed E-state index contributed by atoms with van der Waals surface area (Å²) in [5, 5.41) is 0. The molecule has 0 aliphatic carbocycles. The summed E-state index contributed by atoms with van der Waals surface area (Å²) in [7, 11) is 0. The lowest BCUT2D eigenvalue weighted by Crippen LogP contribution is -2.47. The average molecular weight is 182 g/mol. The quantitative estimate of drug-likeness (QED) is 0.526. The van der Waals surface area contributed by atoms with E-state index >= 15 is 0 Å². The molecule has 4 atom stereocenters. The predicted molar refractivity (Wildman–Crippen MR) is 45.1 cm³/mol. The first kappa shape index (κ1) is 7.80. The number of cyclic esters (lactones) is 1. The topological polar surface area (TPSA) is 35.5 Å². The monoisotopic (exact) mass is 182 g/mol. The molecule has 0 aromatic heterocycles. The van der Waals surface area contributed by atoms with Crippen LogP contribution in [0.4, 0.5) is 0 Å². The van der Waals surface area contributed by atoms with E-state index in [-0.39, 0.29) is 23.1 Å². The van der Waals surface area contributed by atoms with Gasteiger partial charge in [0.25, 0.3) is 0 Å². The maximum absolute atomic E-state index is 11.7. The zero-order chi connectivity index (χ0) is 9.27. The fourth-order valence-corrected chi connectivity index (χ4v) is 3.26. The van der Waals surface area contributed by atoms with Gasteiger partial charge in [0, 0.05) is 5.92 Å². The van der Waals surface area contributed by atoms with Crippen LogP contribution in [0.25, 0.3) is 0 Å². The molecule has 0 aromatic rings. The molecule has 3 aliphatic rings. The van der Waals surface area contributed by atoms with Crippen LogP contribution in [0, 0.1) is 11.3 Å². The molecular formula is C10H14O3. The summed E-state index contributed by atoms with van der Waals surface area (Å²) in [4.78, 5) is 11.7. The van der Waals surface area contributed by atoms with Gasteiger partial charge in [-0.05, 0) is 26.7 Å². The van der Waals surface area contributed by atoms with Gasteiger partial charge in [-0.1, -0.05) is 0 Å². The van der Waals surface area contributed by atoms with Crippen molar-refractivity contribution in [2.24, 2.45) is 11.3 Å². The van der Waals surface area contributed by atoms with Crippen LogP contribution >= 0.6 is 0 Å². The number of ether oxygens (including phenoxy) is 2. The van der Waals surface area contributed by atoms with Gasteiger partial charge in [-0.25, -0.2) is 0 Å². The first-order valence-electron chi connectivity index (χ1n) is 4.93. The van der Waals surface area contributed by atoms with Crippen molar-refractivity contribution in [2.75, 3.05) is 6.61 Å². The van der Waals surface area contributed by atoms with E-state index in [4.69, 9.17) is 9.47 Å². The lowest BCUT2D eigenvalue weighted by molar-refractivity contribution is -0.155. The van der Waals surface area contributed by atoms with Crippen LogP contribution in [0.3, 0.4) is 0 Å². The smallest absolute Gasteiger partial charge is 0.315 e. The second kappa shape index (κ2) is 1.92. The normalized spacial score (nSPS) is 58.2. The van der Waals surface area contributed by atoms with E-state index in [1.165, 1.54) is 0 Å². The van der Waals surface area contributed by atoms with Crippen molar-refractivity contribution in [3.8, 4) is 0 Å². The molecule has 3 nitrogen and oxygen atoms in total. The predicted octanol–water partition coefficient (Wildman–Crippen LogP) is 1.12. The third-order valence-corrected chi connectivity index (χ3v) is 4.42. The van der Waals surface area contributed by atoms with Crippen molar-refractivity contribution in [3.05, 3.63) is 0 Å². The minimum absolute atomic E-state index is 0.0535. The molecule has 2 bridgehead atoms. The van der Waals surface area contributed by atoms with Gasteiger partial charge in [0.1, 0.15) is 5.41 Å². The molecule has 0 radical (unpaired) electrons. The second-order valence-electron chi connectivity index (χ2n) is 4.83. The summed E-state index contributed by atoms with van der Waals surface area (Å²) in [6.07, 6.45) is 2.36. The van der Waals surface area contributed by atoms with Crippen LogP contribution in [0.15, 0.2) is 0 Å². The van der Waals surface area contributed by atoms with E-state index < -0.39 is 0 Å². The fourth-order valence-electron chi connectivity index (χ4n) is 3.26. The lowest BCUT2D eigenvalue weighted by Gasteiger charge is -2.35. The molecule has 3 fully saturated rings. The number of fused-ring (bicyclic) bond motifs is 5. The minimum atomic E-state index is -0.365. The Balaban J connectivity index is 2.13. The Morgan fingerprint density at radius 2 is 2.23 bits per heavy atom. The van der Waals surface area contributed by atoms with Gasteiger partial charge < -0.3 is 9.47 Å². The summed E-state index contributed by atoms with van der Waals surface area (Å²) in [6, 6.07) is 0. The highest BCUT2D eigenvalue weighted by atomic mass is 16.6.